The van der Waals surface area contributed by atoms with Crippen LogP contribution >= 0.6 is 0 Å². The minimum Gasteiger partial charge on any atom is -0.460 e. The van der Waals surface area contributed by atoms with E-state index in [9.17, 15) is 15.0 Å². The van der Waals surface area contributed by atoms with E-state index in [1.807, 2.05) is 0 Å². The average Bonchev–Trinajstić information content (AvgIpc) is 1.75. The zero-order valence-corrected chi connectivity index (χ0v) is 10.4. The lowest BCUT2D eigenvalue weighted by Gasteiger charge is -2.35. The Labute approximate surface area is 91.3 Å². The molecular weight excluding hydrogens is 196 g/mol. The maximum absolute atomic E-state index is 11.4. The lowest BCUT2D eigenvalue weighted by atomic mass is 9.85. The van der Waals surface area contributed by atoms with Gasteiger partial charge in [0.05, 0.1) is 12.0 Å². The Morgan fingerprint density at radius 2 is 1.47 bits per heavy atom. The van der Waals surface area contributed by atoms with Crippen LogP contribution in [0.15, 0.2) is 0 Å². The van der Waals surface area contributed by atoms with Crippen LogP contribution in [-0.4, -0.2) is 33.0 Å². The Morgan fingerprint density at radius 1 is 1.07 bits per heavy atom. The van der Waals surface area contributed by atoms with Gasteiger partial charge in [0, 0.05) is 0 Å². The monoisotopic (exact) mass is 218 g/mol. The van der Waals surface area contributed by atoms with Gasteiger partial charge in [0.1, 0.15) is 11.2 Å². The molecule has 0 saturated carbocycles. The average molecular weight is 218 g/mol. The lowest BCUT2D eigenvalue weighted by Crippen LogP contribution is -2.49. The van der Waals surface area contributed by atoms with Crippen LogP contribution in [0, 0.1) is 0 Å². The normalized spacial score (nSPS) is 17.1. The van der Waals surface area contributed by atoms with Gasteiger partial charge in [0.2, 0.25) is 0 Å². The number of hydrogen-bond acceptors (Lipinski definition) is 4. The molecule has 0 aromatic rings. The van der Waals surface area contributed by atoms with Gasteiger partial charge in [0.25, 0.3) is 0 Å². The number of rotatable bonds is 3. The second-order valence-electron chi connectivity index (χ2n) is 5.60. The molecule has 0 rings (SSSR count). The molecule has 0 aliphatic carbocycles. The van der Waals surface area contributed by atoms with Crippen molar-refractivity contribution in [1.82, 2.24) is 0 Å². The Bertz CT molecular complexity index is 230. The molecule has 0 bridgehead atoms. The largest absolute Gasteiger partial charge is 0.460 e. The van der Waals surface area contributed by atoms with E-state index in [0.29, 0.717) is 0 Å². The van der Waals surface area contributed by atoms with Gasteiger partial charge >= 0.3 is 5.97 Å². The molecular formula is C11H22O4. The van der Waals surface area contributed by atoms with Crippen LogP contribution < -0.4 is 0 Å². The van der Waals surface area contributed by atoms with Crippen molar-refractivity contribution in [3.05, 3.63) is 0 Å². The molecule has 0 aromatic heterocycles. The molecule has 0 aliphatic heterocycles. The van der Waals surface area contributed by atoms with Crippen molar-refractivity contribution in [2.24, 2.45) is 0 Å². The minimum atomic E-state index is -1.49. The predicted molar refractivity (Wildman–Crippen MR) is 57.4 cm³/mol. The SMILES string of the molecule is CC(C)(C)OC(=O)CC(C)(O)C(C)(C)O. The fourth-order valence-electron chi connectivity index (χ4n) is 0.875. The number of carbonyl (C=O) groups is 1. The summed E-state index contributed by atoms with van der Waals surface area (Å²) in [7, 11) is 0. The van der Waals surface area contributed by atoms with Crippen molar-refractivity contribution >= 4 is 5.97 Å². The molecule has 0 aliphatic rings. The third-order valence-corrected chi connectivity index (χ3v) is 2.23. The Balaban J connectivity index is 4.43. The summed E-state index contributed by atoms with van der Waals surface area (Å²) in [4.78, 5) is 11.4. The summed E-state index contributed by atoms with van der Waals surface area (Å²) >= 11 is 0. The first-order chi connectivity index (χ1) is 6.35. The molecule has 15 heavy (non-hydrogen) atoms. The second kappa shape index (κ2) is 4.10. The summed E-state index contributed by atoms with van der Waals surface area (Å²) in [5.41, 5.74) is -3.41. The van der Waals surface area contributed by atoms with Gasteiger partial charge in [-0.15, -0.1) is 0 Å². The van der Waals surface area contributed by atoms with Gasteiger partial charge in [0.15, 0.2) is 0 Å². The molecule has 0 aromatic carbocycles. The third kappa shape index (κ3) is 5.14. The Morgan fingerprint density at radius 3 is 1.73 bits per heavy atom. The maximum atomic E-state index is 11.4. The highest BCUT2D eigenvalue weighted by Crippen LogP contribution is 2.26. The summed E-state index contributed by atoms with van der Waals surface area (Å²) in [6.45, 7) is 9.59. The first kappa shape index (κ1) is 14.4. The molecule has 0 spiro atoms. The molecule has 0 amide bonds. The Hall–Kier alpha value is -0.610. The molecule has 0 heterocycles. The standard InChI is InChI=1S/C11H22O4/c1-9(2,3)15-8(12)7-11(6,14)10(4,5)13/h13-14H,7H2,1-6H3. The van der Waals surface area contributed by atoms with Crippen LogP contribution in [0.1, 0.15) is 48.0 Å². The molecule has 2 N–H and O–H groups in total. The van der Waals surface area contributed by atoms with Crippen LogP contribution in [0.25, 0.3) is 0 Å². The smallest absolute Gasteiger partial charge is 0.309 e. The van der Waals surface area contributed by atoms with Crippen molar-refractivity contribution < 1.29 is 19.7 Å². The van der Waals surface area contributed by atoms with Crippen molar-refractivity contribution in [3.8, 4) is 0 Å². The van der Waals surface area contributed by atoms with Gasteiger partial charge < -0.3 is 14.9 Å². The molecule has 1 atom stereocenters. The van der Waals surface area contributed by atoms with Crippen molar-refractivity contribution in [2.45, 2.75) is 64.8 Å². The van der Waals surface area contributed by atoms with Crippen LogP contribution in [0.2, 0.25) is 0 Å². The van der Waals surface area contributed by atoms with E-state index in [-0.39, 0.29) is 6.42 Å². The molecule has 1 unspecified atom stereocenters. The summed E-state index contributed by atoms with van der Waals surface area (Å²) in [6, 6.07) is 0. The van der Waals surface area contributed by atoms with Crippen LogP contribution in [0.5, 0.6) is 0 Å². The fourth-order valence-corrected chi connectivity index (χ4v) is 0.875. The number of esters is 1. The van der Waals surface area contributed by atoms with Crippen LogP contribution in [-0.2, 0) is 9.53 Å². The zero-order valence-electron chi connectivity index (χ0n) is 10.4. The Kier molecular flexibility index (Phi) is 3.93. The van der Waals surface area contributed by atoms with Crippen molar-refractivity contribution in [3.63, 3.8) is 0 Å². The number of carbonyl (C=O) groups excluding carboxylic acids is 1. The number of hydrogen-bond donors (Lipinski definition) is 2. The summed E-state index contributed by atoms with van der Waals surface area (Å²) in [6.07, 6.45) is -0.228. The van der Waals surface area contributed by atoms with Crippen LogP contribution in [0.4, 0.5) is 0 Å². The lowest BCUT2D eigenvalue weighted by molar-refractivity contribution is -0.172. The van der Waals surface area contributed by atoms with E-state index < -0.39 is 22.8 Å². The molecule has 0 saturated heterocycles. The van der Waals surface area contributed by atoms with E-state index in [4.69, 9.17) is 4.74 Å². The summed E-state index contributed by atoms with van der Waals surface area (Å²) in [5, 5.41) is 19.5. The highest BCUT2D eigenvalue weighted by molar-refractivity contribution is 5.71. The van der Waals surface area contributed by atoms with Gasteiger partial charge in [-0.2, -0.15) is 0 Å². The van der Waals surface area contributed by atoms with E-state index in [2.05, 4.69) is 0 Å². The number of ether oxygens (including phenoxy) is 1. The third-order valence-electron chi connectivity index (χ3n) is 2.23. The van der Waals surface area contributed by atoms with E-state index in [1.165, 1.54) is 20.8 Å². The predicted octanol–water partition coefficient (Wildman–Crippen LogP) is 1.24. The zero-order chi connectivity index (χ0) is 12.5. The quantitative estimate of drug-likeness (QED) is 0.699. The molecule has 0 radical (unpaired) electrons. The maximum Gasteiger partial charge on any atom is 0.309 e. The molecule has 4 nitrogen and oxygen atoms in total. The highest BCUT2D eigenvalue weighted by Gasteiger charge is 2.40. The fraction of sp³-hybridized carbons (Fsp3) is 0.909. The topological polar surface area (TPSA) is 66.8 Å². The minimum absolute atomic E-state index is 0.228. The molecule has 4 heteroatoms. The number of aliphatic hydroxyl groups is 2. The molecule has 0 fully saturated rings. The van der Waals surface area contributed by atoms with E-state index in [0.717, 1.165) is 0 Å². The van der Waals surface area contributed by atoms with Gasteiger partial charge in [-0.05, 0) is 41.5 Å². The van der Waals surface area contributed by atoms with Gasteiger partial charge in [-0.3, -0.25) is 4.79 Å². The van der Waals surface area contributed by atoms with Gasteiger partial charge in [-0.25, -0.2) is 0 Å². The molecule has 90 valence electrons. The first-order valence-electron chi connectivity index (χ1n) is 5.02. The van der Waals surface area contributed by atoms with Crippen LogP contribution in [0.3, 0.4) is 0 Å². The summed E-state index contributed by atoms with van der Waals surface area (Å²) < 4.78 is 5.06. The first-order valence-corrected chi connectivity index (χ1v) is 5.02. The second-order valence-corrected chi connectivity index (χ2v) is 5.60. The van der Waals surface area contributed by atoms with Crippen molar-refractivity contribution in [2.75, 3.05) is 0 Å². The van der Waals surface area contributed by atoms with Gasteiger partial charge in [-0.1, -0.05) is 0 Å². The summed E-state index contributed by atoms with van der Waals surface area (Å²) in [5.74, 6) is -0.519. The van der Waals surface area contributed by atoms with E-state index >= 15 is 0 Å². The highest BCUT2D eigenvalue weighted by atomic mass is 16.6. The van der Waals surface area contributed by atoms with E-state index in [1.54, 1.807) is 20.8 Å². The van der Waals surface area contributed by atoms with Crippen molar-refractivity contribution in [1.29, 1.82) is 0 Å².